The number of nitrogens with zero attached hydrogens (tertiary/aromatic N) is 1. The van der Waals surface area contributed by atoms with Crippen molar-refractivity contribution in [2.24, 2.45) is 23.0 Å². The molecule has 28 heavy (non-hydrogen) atoms. The van der Waals surface area contributed by atoms with Gasteiger partial charge in [0.1, 0.15) is 5.41 Å². The van der Waals surface area contributed by atoms with Crippen LogP contribution in [0.25, 0.3) is 0 Å². The zero-order valence-electron chi connectivity index (χ0n) is 17.9. The molecule has 0 bridgehead atoms. The average molecular weight is 395 g/mol. The third kappa shape index (κ3) is 3.17. The van der Waals surface area contributed by atoms with E-state index in [9.17, 15) is 19.8 Å². The minimum Gasteiger partial charge on any atom is -0.388 e. The van der Waals surface area contributed by atoms with Crippen LogP contribution >= 0.6 is 0 Å². The molecule has 6 nitrogen and oxygen atoms in total. The van der Waals surface area contributed by atoms with Crippen LogP contribution in [0, 0.1) is 17.3 Å². The van der Waals surface area contributed by atoms with Gasteiger partial charge >= 0.3 is 0 Å². The van der Waals surface area contributed by atoms with Crippen molar-refractivity contribution in [2.45, 2.75) is 109 Å². The van der Waals surface area contributed by atoms with E-state index in [4.69, 9.17) is 5.73 Å². The first kappa shape index (κ1) is 21.6. The quantitative estimate of drug-likeness (QED) is 0.550. The van der Waals surface area contributed by atoms with E-state index in [-0.39, 0.29) is 17.7 Å². The fraction of sp³-hybridized carbons (Fsp3) is 0.909. The lowest BCUT2D eigenvalue weighted by atomic mass is 9.62. The molecule has 0 aliphatic heterocycles. The molecule has 0 unspecified atom stereocenters. The zero-order chi connectivity index (χ0) is 20.9. The summed E-state index contributed by atoms with van der Waals surface area (Å²) >= 11 is 0. The molecule has 0 heterocycles. The van der Waals surface area contributed by atoms with E-state index in [2.05, 4.69) is 0 Å². The van der Waals surface area contributed by atoms with Gasteiger partial charge in [-0.2, -0.15) is 0 Å². The predicted octanol–water partition coefficient (Wildman–Crippen LogP) is 2.35. The summed E-state index contributed by atoms with van der Waals surface area (Å²) < 4.78 is 0. The van der Waals surface area contributed by atoms with Crippen LogP contribution in [0.4, 0.5) is 0 Å². The maximum absolute atomic E-state index is 14.0. The number of aliphatic hydroxyl groups is 2. The van der Waals surface area contributed by atoms with Crippen LogP contribution in [0.3, 0.4) is 0 Å². The van der Waals surface area contributed by atoms with Gasteiger partial charge in [-0.05, 0) is 63.2 Å². The highest BCUT2D eigenvalue weighted by Gasteiger charge is 2.60. The summed E-state index contributed by atoms with van der Waals surface area (Å²) in [5.74, 6) is -0.836. The fourth-order valence-corrected chi connectivity index (χ4v) is 5.84. The first-order chi connectivity index (χ1) is 13.0. The summed E-state index contributed by atoms with van der Waals surface area (Å²) in [6, 6.07) is -0.856. The highest BCUT2D eigenvalue weighted by Crippen LogP contribution is 2.50. The van der Waals surface area contributed by atoms with Crippen molar-refractivity contribution in [1.29, 1.82) is 0 Å². The smallest absolute Gasteiger partial charge is 0.238 e. The van der Waals surface area contributed by atoms with Crippen LogP contribution in [0.2, 0.25) is 0 Å². The largest absolute Gasteiger partial charge is 0.388 e. The van der Waals surface area contributed by atoms with Gasteiger partial charge in [0.2, 0.25) is 11.8 Å². The number of amides is 2. The van der Waals surface area contributed by atoms with Crippen LogP contribution < -0.4 is 5.73 Å². The number of hydrogen-bond donors (Lipinski definition) is 3. The molecule has 0 radical (unpaired) electrons. The molecule has 6 heteroatoms. The lowest BCUT2D eigenvalue weighted by Crippen LogP contribution is -2.72. The van der Waals surface area contributed by atoms with Crippen molar-refractivity contribution in [3.8, 4) is 0 Å². The van der Waals surface area contributed by atoms with Gasteiger partial charge in [0.15, 0.2) is 0 Å². The second-order valence-corrected chi connectivity index (χ2v) is 10.3. The van der Waals surface area contributed by atoms with Gasteiger partial charge in [0.25, 0.3) is 0 Å². The number of rotatable bonds is 8. The van der Waals surface area contributed by atoms with Gasteiger partial charge in [-0.25, -0.2) is 0 Å². The molecule has 3 aliphatic carbocycles. The molecule has 0 saturated heterocycles. The van der Waals surface area contributed by atoms with Crippen LogP contribution in [-0.2, 0) is 9.59 Å². The van der Waals surface area contributed by atoms with Gasteiger partial charge in [-0.3, -0.25) is 9.59 Å². The molecule has 0 aromatic rings. The summed E-state index contributed by atoms with van der Waals surface area (Å²) in [5, 5.41) is 22.7. The summed E-state index contributed by atoms with van der Waals surface area (Å²) in [7, 11) is 0. The van der Waals surface area contributed by atoms with Crippen molar-refractivity contribution < 1.29 is 19.8 Å². The van der Waals surface area contributed by atoms with E-state index < -0.39 is 34.6 Å². The molecule has 2 atom stereocenters. The van der Waals surface area contributed by atoms with Gasteiger partial charge < -0.3 is 20.8 Å². The monoisotopic (exact) mass is 394 g/mol. The standard InChI is InChI=1S/C22H38N2O4/c1-14(2)16(21(27)10-6-11-21)24(17(15(3)4)22(28)12-7-13-22)19(26)20(18(23)25)8-5-9-20/h14-17,27-28H,5-13H2,1-4H3,(H2,23,25)/t16-,17-/m1/s1. The summed E-state index contributed by atoms with van der Waals surface area (Å²) in [5.41, 5.74) is 2.63. The molecule has 0 aromatic heterocycles. The van der Waals surface area contributed by atoms with Crippen molar-refractivity contribution in [3.05, 3.63) is 0 Å². The van der Waals surface area contributed by atoms with Crippen molar-refractivity contribution in [3.63, 3.8) is 0 Å². The van der Waals surface area contributed by atoms with Gasteiger partial charge in [0.05, 0.1) is 23.3 Å². The molecule has 3 rings (SSSR count). The van der Waals surface area contributed by atoms with Gasteiger partial charge in [0, 0.05) is 0 Å². The van der Waals surface area contributed by atoms with E-state index in [1.165, 1.54) is 0 Å². The van der Waals surface area contributed by atoms with E-state index in [1.54, 1.807) is 4.90 Å². The molecule has 2 amide bonds. The molecule has 0 spiro atoms. The maximum atomic E-state index is 14.0. The van der Waals surface area contributed by atoms with Crippen molar-refractivity contribution in [1.82, 2.24) is 4.90 Å². The fourth-order valence-electron chi connectivity index (χ4n) is 5.84. The topological polar surface area (TPSA) is 104 Å². The van der Waals surface area contributed by atoms with Crippen LogP contribution in [0.5, 0.6) is 0 Å². The van der Waals surface area contributed by atoms with Crippen LogP contribution in [0.15, 0.2) is 0 Å². The third-order valence-electron chi connectivity index (χ3n) is 7.72. The molecule has 3 aliphatic rings. The Morgan fingerprint density at radius 1 is 0.786 bits per heavy atom. The Bertz CT molecular complexity index is 586. The zero-order valence-corrected chi connectivity index (χ0v) is 17.9. The minimum absolute atomic E-state index is 0.00387. The summed E-state index contributed by atoms with van der Waals surface area (Å²) in [4.78, 5) is 28.1. The molecular weight excluding hydrogens is 356 g/mol. The summed E-state index contributed by atoms with van der Waals surface area (Å²) in [6.07, 6.45) is 6.17. The number of carbonyl (C=O) groups is 2. The second-order valence-electron chi connectivity index (χ2n) is 10.3. The Morgan fingerprint density at radius 2 is 1.14 bits per heavy atom. The molecular formula is C22H38N2O4. The molecule has 3 saturated carbocycles. The molecule has 160 valence electrons. The lowest BCUT2D eigenvalue weighted by Gasteiger charge is -2.59. The van der Waals surface area contributed by atoms with E-state index in [0.29, 0.717) is 38.5 Å². The van der Waals surface area contributed by atoms with E-state index in [0.717, 1.165) is 19.3 Å². The molecule has 4 N–H and O–H groups in total. The Hall–Kier alpha value is -1.14. The summed E-state index contributed by atoms with van der Waals surface area (Å²) in [6.45, 7) is 8.06. The van der Waals surface area contributed by atoms with Crippen LogP contribution in [0.1, 0.15) is 85.5 Å². The lowest BCUT2D eigenvalue weighted by molar-refractivity contribution is -0.199. The van der Waals surface area contributed by atoms with E-state index >= 15 is 0 Å². The van der Waals surface area contributed by atoms with Gasteiger partial charge in [-0.1, -0.05) is 34.1 Å². The van der Waals surface area contributed by atoms with Crippen molar-refractivity contribution >= 4 is 11.8 Å². The third-order valence-corrected chi connectivity index (χ3v) is 7.72. The molecule has 3 fully saturated rings. The Kier molecular flexibility index (Phi) is 5.61. The minimum atomic E-state index is -1.18. The van der Waals surface area contributed by atoms with Crippen LogP contribution in [-0.4, -0.2) is 50.2 Å². The highest BCUT2D eigenvalue weighted by atomic mass is 16.3. The number of primary amides is 1. The number of carbonyl (C=O) groups excluding carboxylic acids is 2. The second kappa shape index (κ2) is 7.28. The highest BCUT2D eigenvalue weighted by molar-refractivity contribution is 6.05. The predicted molar refractivity (Wildman–Crippen MR) is 107 cm³/mol. The first-order valence-electron chi connectivity index (χ1n) is 11.1. The SMILES string of the molecule is CC(C)[C@@H](N(C(=O)C1(C(N)=O)CCC1)[C@H](C(C)C)C1(O)CCC1)C1(O)CCC1. The number of hydrogen-bond acceptors (Lipinski definition) is 4. The van der Waals surface area contributed by atoms with Gasteiger partial charge in [-0.15, -0.1) is 0 Å². The Morgan fingerprint density at radius 3 is 1.32 bits per heavy atom. The number of nitrogens with two attached hydrogens (primary N) is 1. The van der Waals surface area contributed by atoms with Crippen molar-refractivity contribution in [2.75, 3.05) is 0 Å². The maximum Gasteiger partial charge on any atom is 0.238 e. The first-order valence-corrected chi connectivity index (χ1v) is 11.1. The van der Waals surface area contributed by atoms with E-state index in [1.807, 2.05) is 27.7 Å². The Balaban J connectivity index is 2.09. The average Bonchev–Trinajstić information content (AvgIpc) is 2.48. The normalized spacial score (nSPS) is 26.6. The Labute approximate surface area is 168 Å². The molecule has 0 aromatic carbocycles.